The van der Waals surface area contributed by atoms with Gasteiger partial charge in [0.25, 0.3) is 0 Å². The van der Waals surface area contributed by atoms with Crippen LogP contribution in [0.4, 0.5) is 13.2 Å². The smallest absolute Gasteiger partial charge is 0.352 e. The summed E-state index contributed by atoms with van der Waals surface area (Å²) in [7, 11) is 0. The Hall–Kier alpha value is -2.81. The van der Waals surface area contributed by atoms with Crippen molar-refractivity contribution in [2.45, 2.75) is 38.7 Å². The number of pyridine rings is 1. The number of alkyl halides is 3. The van der Waals surface area contributed by atoms with Gasteiger partial charge < -0.3 is 5.32 Å². The Morgan fingerprint density at radius 3 is 2.61 bits per heavy atom. The van der Waals surface area contributed by atoms with E-state index in [1.54, 1.807) is 43.9 Å². The van der Waals surface area contributed by atoms with Crippen molar-refractivity contribution in [2.75, 3.05) is 5.75 Å². The van der Waals surface area contributed by atoms with Gasteiger partial charge in [0.2, 0.25) is 5.91 Å². The molecule has 31 heavy (non-hydrogen) atoms. The topological polar surface area (TPSA) is 59.8 Å². The quantitative estimate of drug-likeness (QED) is 0.501. The Labute approximate surface area is 183 Å². The van der Waals surface area contributed by atoms with Crippen LogP contribution in [0.15, 0.2) is 48.7 Å². The third-order valence-corrected chi connectivity index (χ3v) is 5.57. The average molecular weight is 449 g/mol. The number of thioether (sulfide) groups is 1. The Morgan fingerprint density at radius 1 is 1.16 bits per heavy atom. The first-order valence-corrected chi connectivity index (χ1v) is 10.9. The van der Waals surface area contributed by atoms with E-state index < -0.39 is 11.7 Å². The van der Waals surface area contributed by atoms with Gasteiger partial charge >= 0.3 is 6.18 Å². The van der Waals surface area contributed by atoms with E-state index in [0.29, 0.717) is 17.2 Å². The van der Waals surface area contributed by atoms with E-state index in [-0.39, 0.29) is 24.4 Å². The zero-order valence-electron chi connectivity index (χ0n) is 17.2. The minimum atomic E-state index is -4.54. The number of carbonyl (C=O) groups excluding carboxylic acids is 1. The predicted octanol–water partition coefficient (Wildman–Crippen LogP) is 4.84. The molecule has 2 aromatic heterocycles. The fourth-order valence-corrected chi connectivity index (χ4v) is 3.97. The molecule has 5 nitrogen and oxygen atoms in total. The molecule has 0 saturated carbocycles. The van der Waals surface area contributed by atoms with Gasteiger partial charge in [-0.05, 0) is 49.7 Å². The SMILES string of the molecule is Cc1cc(C)n(-c2ccc(CNC(=O)CCSCc3ccccn3)c(C(F)(F)F)c2)n1. The highest BCUT2D eigenvalue weighted by molar-refractivity contribution is 7.98. The van der Waals surface area contributed by atoms with Crippen LogP contribution in [0.2, 0.25) is 0 Å². The summed E-state index contributed by atoms with van der Waals surface area (Å²) in [5, 5.41) is 6.84. The second-order valence-corrected chi connectivity index (χ2v) is 8.18. The Morgan fingerprint density at radius 2 is 1.97 bits per heavy atom. The molecule has 0 saturated heterocycles. The van der Waals surface area contributed by atoms with E-state index in [2.05, 4.69) is 15.4 Å². The van der Waals surface area contributed by atoms with Gasteiger partial charge in [0.1, 0.15) is 0 Å². The van der Waals surface area contributed by atoms with Crippen LogP contribution in [0, 0.1) is 13.8 Å². The highest BCUT2D eigenvalue weighted by atomic mass is 32.2. The summed E-state index contributed by atoms with van der Waals surface area (Å²) in [5.74, 6) is 0.954. The van der Waals surface area contributed by atoms with E-state index in [1.807, 2.05) is 18.2 Å². The first-order chi connectivity index (χ1) is 14.7. The van der Waals surface area contributed by atoms with Crippen LogP contribution in [-0.2, 0) is 23.3 Å². The molecule has 0 unspecified atom stereocenters. The lowest BCUT2D eigenvalue weighted by Gasteiger charge is -2.16. The number of rotatable bonds is 8. The number of aryl methyl sites for hydroxylation is 2. The van der Waals surface area contributed by atoms with Crippen LogP contribution in [-0.4, -0.2) is 26.4 Å². The number of aromatic nitrogens is 3. The molecule has 0 radical (unpaired) electrons. The average Bonchev–Trinajstić information content (AvgIpc) is 3.07. The first kappa shape index (κ1) is 22.9. The van der Waals surface area contributed by atoms with Gasteiger partial charge in [0.15, 0.2) is 0 Å². The third-order valence-electron chi connectivity index (χ3n) is 4.58. The van der Waals surface area contributed by atoms with Crippen LogP contribution in [0.1, 0.15) is 34.6 Å². The molecule has 3 rings (SSSR count). The number of nitrogens with one attached hydrogen (secondary N) is 1. The van der Waals surface area contributed by atoms with Gasteiger partial charge in [-0.1, -0.05) is 12.1 Å². The normalized spacial score (nSPS) is 11.5. The van der Waals surface area contributed by atoms with Crippen LogP contribution in [0.3, 0.4) is 0 Å². The molecule has 0 aliphatic carbocycles. The van der Waals surface area contributed by atoms with E-state index in [0.717, 1.165) is 23.1 Å². The van der Waals surface area contributed by atoms with Gasteiger partial charge in [0.05, 0.1) is 22.6 Å². The molecule has 1 amide bonds. The minimum absolute atomic E-state index is 0.0206. The summed E-state index contributed by atoms with van der Waals surface area (Å²) in [6.45, 7) is 3.38. The molecule has 1 N–H and O–H groups in total. The summed E-state index contributed by atoms with van der Waals surface area (Å²) in [4.78, 5) is 16.3. The van der Waals surface area contributed by atoms with Crippen molar-refractivity contribution in [1.29, 1.82) is 0 Å². The molecule has 0 spiro atoms. The summed E-state index contributed by atoms with van der Waals surface area (Å²) in [5.41, 5.74) is 1.97. The number of hydrogen-bond donors (Lipinski definition) is 1. The van der Waals surface area contributed by atoms with Crippen LogP contribution in [0.5, 0.6) is 0 Å². The molecule has 3 aromatic rings. The van der Waals surface area contributed by atoms with Crippen molar-refractivity contribution >= 4 is 17.7 Å². The number of benzene rings is 1. The lowest BCUT2D eigenvalue weighted by molar-refractivity contribution is -0.138. The highest BCUT2D eigenvalue weighted by Crippen LogP contribution is 2.33. The van der Waals surface area contributed by atoms with Crippen molar-refractivity contribution < 1.29 is 18.0 Å². The predicted molar refractivity (Wildman–Crippen MR) is 115 cm³/mol. The fraction of sp³-hybridized carbons (Fsp3) is 0.318. The molecule has 0 aliphatic heterocycles. The van der Waals surface area contributed by atoms with Crippen molar-refractivity contribution in [2.24, 2.45) is 0 Å². The Balaban J connectivity index is 1.60. The number of halogens is 3. The second kappa shape index (κ2) is 10.00. The first-order valence-electron chi connectivity index (χ1n) is 9.72. The number of hydrogen-bond acceptors (Lipinski definition) is 4. The maximum absolute atomic E-state index is 13.6. The van der Waals surface area contributed by atoms with E-state index in [1.165, 1.54) is 10.7 Å². The van der Waals surface area contributed by atoms with Gasteiger partial charge in [-0.25, -0.2) is 4.68 Å². The molecule has 164 valence electrons. The summed E-state index contributed by atoms with van der Waals surface area (Å²) < 4.78 is 42.4. The molecule has 0 bridgehead atoms. The number of nitrogens with zero attached hydrogens (tertiary/aromatic N) is 3. The van der Waals surface area contributed by atoms with Gasteiger partial charge in [0, 0.05) is 36.4 Å². The monoisotopic (exact) mass is 448 g/mol. The van der Waals surface area contributed by atoms with Gasteiger partial charge in [-0.2, -0.15) is 30.0 Å². The second-order valence-electron chi connectivity index (χ2n) is 7.08. The van der Waals surface area contributed by atoms with Crippen LogP contribution >= 0.6 is 11.8 Å². The number of carbonyl (C=O) groups is 1. The molecule has 0 atom stereocenters. The highest BCUT2D eigenvalue weighted by Gasteiger charge is 2.34. The van der Waals surface area contributed by atoms with Gasteiger partial charge in [-0.15, -0.1) is 0 Å². The third kappa shape index (κ3) is 6.33. The van der Waals surface area contributed by atoms with E-state index in [9.17, 15) is 18.0 Å². The maximum Gasteiger partial charge on any atom is 0.416 e. The maximum atomic E-state index is 13.6. The van der Waals surface area contributed by atoms with Crippen LogP contribution in [0.25, 0.3) is 5.69 Å². The molecular weight excluding hydrogens is 425 g/mol. The largest absolute Gasteiger partial charge is 0.416 e. The van der Waals surface area contributed by atoms with E-state index in [4.69, 9.17) is 0 Å². The summed E-state index contributed by atoms with van der Waals surface area (Å²) in [6, 6.07) is 11.5. The van der Waals surface area contributed by atoms with E-state index >= 15 is 0 Å². The fourth-order valence-electron chi connectivity index (χ4n) is 3.11. The molecule has 2 heterocycles. The lowest BCUT2D eigenvalue weighted by atomic mass is 10.1. The zero-order chi connectivity index (χ0) is 22.4. The Bertz CT molecular complexity index is 1030. The minimum Gasteiger partial charge on any atom is -0.352 e. The van der Waals surface area contributed by atoms with Crippen LogP contribution < -0.4 is 5.32 Å². The molecule has 1 aromatic carbocycles. The van der Waals surface area contributed by atoms with Crippen molar-refractivity contribution in [3.63, 3.8) is 0 Å². The molecular formula is C22H23F3N4OS. The number of amides is 1. The van der Waals surface area contributed by atoms with Crippen molar-refractivity contribution in [3.8, 4) is 5.69 Å². The Kier molecular flexibility index (Phi) is 7.37. The molecule has 0 fully saturated rings. The van der Waals surface area contributed by atoms with Crippen molar-refractivity contribution in [1.82, 2.24) is 20.1 Å². The summed E-state index contributed by atoms with van der Waals surface area (Å²) >= 11 is 1.55. The molecule has 0 aliphatic rings. The molecule has 9 heteroatoms. The lowest BCUT2D eigenvalue weighted by Crippen LogP contribution is -2.25. The standard InChI is InChI=1S/C22H23F3N4OS/c1-15-11-16(2)29(28-15)19-7-6-17(20(12-19)22(23,24)25)13-27-21(30)8-10-31-14-18-5-3-4-9-26-18/h3-7,9,11-12H,8,10,13-14H2,1-2H3,(H,27,30). The van der Waals surface area contributed by atoms with Crippen molar-refractivity contribution in [3.05, 3.63) is 76.9 Å². The van der Waals surface area contributed by atoms with Gasteiger partial charge in [-0.3, -0.25) is 9.78 Å². The summed E-state index contributed by atoms with van der Waals surface area (Å²) in [6.07, 6.45) is -2.60. The zero-order valence-corrected chi connectivity index (χ0v) is 18.1.